The summed E-state index contributed by atoms with van der Waals surface area (Å²) in [6.07, 6.45) is 8.17. The second kappa shape index (κ2) is 7.60. The van der Waals surface area contributed by atoms with Crippen molar-refractivity contribution in [3.8, 4) is 0 Å². The first-order chi connectivity index (χ1) is 9.25. The van der Waals surface area contributed by atoms with Crippen LogP contribution in [-0.4, -0.2) is 41.2 Å². The maximum atomic E-state index is 4.93. The molecule has 1 saturated carbocycles. The van der Waals surface area contributed by atoms with Gasteiger partial charge in [-0.25, -0.2) is 0 Å². The Hall–Kier alpha value is -0.940. The third-order valence-corrected chi connectivity index (χ3v) is 3.92. The molecule has 2 rings (SSSR count). The van der Waals surface area contributed by atoms with Crippen LogP contribution in [-0.2, 0) is 6.54 Å². The summed E-state index contributed by atoms with van der Waals surface area (Å²) < 4.78 is 4.93. The van der Waals surface area contributed by atoms with Gasteiger partial charge >= 0.3 is 0 Å². The minimum Gasteiger partial charge on any atom is -0.340 e. The highest BCUT2D eigenvalue weighted by Gasteiger charge is 2.17. The number of nitrogens with zero attached hydrogens (tertiary/aromatic N) is 3. The molecule has 108 valence electrons. The first kappa shape index (κ1) is 14.5. The Balaban J connectivity index is 1.53. The van der Waals surface area contributed by atoms with Gasteiger partial charge in [-0.3, -0.25) is 0 Å². The van der Waals surface area contributed by atoms with E-state index in [0.717, 1.165) is 18.4 Å². The average Bonchev–Trinajstić information content (AvgIpc) is 2.85. The summed E-state index contributed by atoms with van der Waals surface area (Å²) in [5.41, 5.74) is 0. The molecule has 5 heteroatoms. The van der Waals surface area contributed by atoms with Gasteiger partial charge in [-0.1, -0.05) is 24.4 Å². The highest BCUT2D eigenvalue weighted by atomic mass is 16.5. The Kier molecular flexibility index (Phi) is 5.79. The summed E-state index contributed by atoms with van der Waals surface area (Å²) in [4.78, 5) is 6.69. The Morgan fingerprint density at radius 2 is 2.11 bits per heavy atom. The van der Waals surface area contributed by atoms with E-state index < -0.39 is 0 Å². The van der Waals surface area contributed by atoms with E-state index in [1.54, 1.807) is 0 Å². The summed E-state index contributed by atoms with van der Waals surface area (Å²) in [5, 5.41) is 7.22. The first-order valence-corrected chi connectivity index (χ1v) is 7.46. The van der Waals surface area contributed by atoms with Gasteiger partial charge in [-0.05, 0) is 39.4 Å². The van der Waals surface area contributed by atoms with E-state index in [9.17, 15) is 0 Å². The fourth-order valence-corrected chi connectivity index (χ4v) is 2.77. The van der Waals surface area contributed by atoms with E-state index in [4.69, 9.17) is 4.52 Å². The van der Waals surface area contributed by atoms with E-state index in [2.05, 4.69) is 27.4 Å². The van der Waals surface area contributed by atoms with Crippen molar-refractivity contribution in [2.24, 2.45) is 0 Å². The van der Waals surface area contributed by atoms with Gasteiger partial charge in [0.25, 0.3) is 0 Å². The smallest absolute Gasteiger partial charge is 0.223 e. The molecule has 0 bridgehead atoms. The monoisotopic (exact) mass is 266 g/mol. The van der Waals surface area contributed by atoms with Crippen LogP contribution in [0.3, 0.4) is 0 Å². The predicted octanol–water partition coefficient (Wildman–Crippen LogP) is 2.12. The lowest BCUT2D eigenvalue weighted by atomic mass is 9.94. The maximum Gasteiger partial charge on any atom is 0.223 e. The predicted molar refractivity (Wildman–Crippen MR) is 74.9 cm³/mol. The second-order valence-electron chi connectivity index (χ2n) is 5.53. The molecule has 0 atom stereocenters. The third-order valence-electron chi connectivity index (χ3n) is 3.92. The highest BCUT2D eigenvalue weighted by molar-refractivity contribution is 4.82. The number of aryl methyl sites for hydroxylation is 1. The Labute approximate surface area is 115 Å². The SMILES string of the molecule is Cc1nc(CNCCCN(C)C2CCCCC2)no1. The van der Waals surface area contributed by atoms with Gasteiger partial charge in [0.05, 0.1) is 6.54 Å². The normalized spacial score (nSPS) is 17.2. The van der Waals surface area contributed by atoms with Gasteiger partial charge in [0, 0.05) is 13.0 Å². The van der Waals surface area contributed by atoms with E-state index in [-0.39, 0.29) is 0 Å². The van der Waals surface area contributed by atoms with Crippen LogP contribution in [0.25, 0.3) is 0 Å². The summed E-state index contributed by atoms with van der Waals surface area (Å²) in [6, 6.07) is 0.814. The molecule has 0 saturated heterocycles. The molecule has 1 fully saturated rings. The molecule has 0 spiro atoms. The first-order valence-electron chi connectivity index (χ1n) is 7.46. The minimum absolute atomic E-state index is 0.633. The molecule has 1 aliphatic rings. The molecule has 1 aliphatic carbocycles. The maximum absolute atomic E-state index is 4.93. The number of hydrogen-bond donors (Lipinski definition) is 1. The second-order valence-corrected chi connectivity index (χ2v) is 5.53. The van der Waals surface area contributed by atoms with Crippen LogP contribution < -0.4 is 5.32 Å². The molecule has 0 radical (unpaired) electrons. The summed E-state index contributed by atoms with van der Waals surface area (Å²) in [5.74, 6) is 1.38. The van der Waals surface area contributed by atoms with Gasteiger partial charge in [0.1, 0.15) is 0 Å². The number of hydrogen-bond acceptors (Lipinski definition) is 5. The van der Waals surface area contributed by atoms with Crippen molar-refractivity contribution < 1.29 is 4.52 Å². The zero-order chi connectivity index (χ0) is 13.5. The zero-order valence-electron chi connectivity index (χ0n) is 12.2. The van der Waals surface area contributed by atoms with Crippen molar-refractivity contribution in [1.82, 2.24) is 20.4 Å². The molecule has 5 nitrogen and oxygen atoms in total. The number of aromatic nitrogens is 2. The molecule has 0 amide bonds. The number of nitrogens with one attached hydrogen (secondary N) is 1. The molecular weight excluding hydrogens is 240 g/mol. The van der Waals surface area contributed by atoms with Crippen molar-refractivity contribution in [3.05, 3.63) is 11.7 Å². The van der Waals surface area contributed by atoms with Crippen LogP contribution in [0.15, 0.2) is 4.52 Å². The van der Waals surface area contributed by atoms with Crippen LogP contribution in [0, 0.1) is 6.92 Å². The molecule has 1 aromatic rings. The average molecular weight is 266 g/mol. The largest absolute Gasteiger partial charge is 0.340 e. The molecule has 0 aliphatic heterocycles. The lowest BCUT2D eigenvalue weighted by Crippen LogP contribution is -2.35. The number of rotatable bonds is 7. The van der Waals surface area contributed by atoms with Crippen LogP contribution in [0.5, 0.6) is 0 Å². The van der Waals surface area contributed by atoms with Crippen molar-refractivity contribution in [2.75, 3.05) is 20.1 Å². The van der Waals surface area contributed by atoms with Crippen molar-refractivity contribution in [3.63, 3.8) is 0 Å². The molecule has 0 aromatic carbocycles. The summed E-state index contributed by atoms with van der Waals surface area (Å²) >= 11 is 0. The van der Waals surface area contributed by atoms with Gasteiger partial charge in [0.15, 0.2) is 5.82 Å². The van der Waals surface area contributed by atoms with E-state index in [1.807, 2.05) is 6.92 Å². The van der Waals surface area contributed by atoms with Gasteiger partial charge in [0.2, 0.25) is 5.89 Å². The zero-order valence-corrected chi connectivity index (χ0v) is 12.2. The lowest BCUT2D eigenvalue weighted by Gasteiger charge is -2.31. The highest BCUT2D eigenvalue weighted by Crippen LogP contribution is 2.21. The standard InChI is InChI=1S/C14H26N4O/c1-12-16-14(17-19-12)11-15-9-6-10-18(2)13-7-4-3-5-8-13/h13,15H,3-11H2,1-2H3. The molecule has 19 heavy (non-hydrogen) atoms. The van der Waals surface area contributed by atoms with Crippen molar-refractivity contribution in [2.45, 2.75) is 58.0 Å². The summed E-state index contributed by atoms with van der Waals surface area (Å²) in [7, 11) is 2.26. The summed E-state index contributed by atoms with van der Waals surface area (Å²) in [6.45, 7) is 4.69. The van der Waals surface area contributed by atoms with E-state index >= 15 is 0 Å². The lowest BCUT2D eigenvalue weighted by molar-refractivity contribution is 0.189. The fraction of sp³-hybridized carbons (Fsp3) is 0.857. The Bertz CT molecular complexity index is 360. The van der Waals surface area contributed by atoms with Gasteiger partial charge in [-0.15, -0.1) is 0 Å². The third kappa shape index (κ3) is 4.91. The molecule has 1 heterocycles. The van der Waals surface area contributed by atoms with Crippen LogP contribution >= 0.6 is 0 Å². The minimum atomic E-state index is 0.633. The van der Waals surface area contributed by atoms with E-state index in [1.165, 1.54) is 45.1 Å². The van der Waals surface area contributed by atoms with Gasteiger partial charge < -0.3 is 14.7 Å². The fourth-order valence-electron chi connectivity index (χ4n) is 2.77. The van der Waals surface area contributed by atoms with Crippen LogP contribution in [0.4, 0.5) is 0 Å². The van der Waals surface area contributed by atoms with Gasteiger partial charge in [-0.2, -0.15) is 4.98 Å². The quantitative estimate of drug-likeness (QED) is 0.766. The molecular formula is C14H26N4O. The Morgan fingerprint density at radius 3 is 2.79 bits per heavy atom. The Morgan fingerprint density at radius 1 is 1.32 bits per heavy atom. The van der Waals surface area contributed by atoms with Crippen LogP contribution in [0.2, 0.25) is 0 Å². The molecule has 0 unspecified atom stereocenters. The van der Waals surface area contributed by atoms with Crippen molar-refractivity contribution in [1.29, 1.82) is 0 Å². The van der Waals surface area contributed by atoms with Crippen LogP contribution in [0.1, 0.15) is 50.2 Å². The molecule has 1 aromatic heterocycles. The molecule has 1 N–H and O–H groups in total. The van der Waals surface area contributed by atoms with E-state index in [0.29, 0.717) is 12.4 Å². The topological polar surface area (TPSA) is 54.2 Å². The van der Waals surface area contributed by atoms with Crippen molar-refractivity contribution >= 4 is 0 Å².